The van der Waals surface area contributed by atoms with Crippen molar-refractivity contribution in [3.63, 3.8) is 0 Å². The van der Waals surface area contributed by atoms with Crippen molar-refractivity contribution in [1.29, 1.82) is 0 Å². The average Bonchev–Trinajstić information content (AvgIpc) is 2.82. The number of hydrogen-bond donors (Lipinski definition) is 0. The smallest absolute Gasteiger partial charge is 0.344 e. The molecule has 0 aliphatic carbocycles. The molecule has 3 aromatic carbocycles. The highest BCUT2D eigenvalue weighted by atomic mass is 79.9. The number of ether oxygens (including phenoxy) is 2. The molecule has 180 valence electrons. The topological polar surface area (TPSA) is 82.8 Å². The largest absolute Gasteiger partial charge is 0.481 e. The minimum atomic E-state index is -0.459. The number of carbonyl (C=O) groups excluding carboxylic acids is 1. The number of aromatic nitrogens is 2. The molecular formula is C27H26BrN3O4. The van der Waals surface area contributed by atoms with E-state index in [1.165, 1.54) is 4.68 Å². The fraction of sp³-hybridized carbons (Fsp3) is 0.259. The number of esters is 1. The highest BCUT2D eigenvalue weighted by molar-refractivity contribution is 9.10. The van der Waals surface area contributed by atoms with Crippen molar-refractivity contribution >= 4 is 49.8 Å². The minimum Gasteiger partial charge on any atom is -0.481 e. The van der Waals surface area contributed by atoms with Crippen LogP contribution in [0.2, 0.25) is 0 Å². The zero-order valence-corrected chi connectivity index (χ0v) is 21.6. The fourth-order valence-corrected chi connectivity index (χ4v) is 4.09. The molecule has 0 bridgehead atoms. The van der Waals surface area contributed by atoms with Crippen LogP contribution in [0.1, 0.15) is 39.1 Å². The van der Waals surface area contributed by atoms with Crippen molar-refractivity contribution in [3.05, 3.63) is 80.8 Å². The SMILES string of the molecule is CCOC(=O)COc1ccc2ccccc2c1C=Nn1c(C(C)(C)C)nc2ccc(Br)cc2c1=O. The average molecular weight is 536 g/mol. The Balaban J connectivity index is 1.88. The molecule has 4 rings (SSSR count). The molecule has 0 aliphatic rings. The number of rotatable bonds is 6. The van der Waals surface area contributed by atoms with Crippen LogP contribution in [0, 0.1) is 0 Å². The molecule has 0 radical (unpaired) electrons. The number of benzene rings is 3. The lowest BCUT2D eigenvalue weighted by Gasteiger charge is -2.21. The number of fused-ring (bicyclic) bond motifs is 2. The maximum absolute atomic E-state index is 13.5. The van der Waals surface area contributed by atoms with E-state index < -0.39 is 11.4 Å². The van der Waals surface area contributed by atoms with Gasteiger partial charge in [0.15, 0.2) is 6.61 Å². The van der Waals surface area contributed by atoms with Gasteiger partial charge in [0, 0.05) is 15.5 Å². The maximum atomic E-state index is 13.5. The molecule has 4 aromatic rings. The van der Waals surface area contributed by atoms with E-state index in [1.54, 1.807) is 25.3 Å². The van der Waals surface area contributed by atoms with Gasteiger partial charge in [-0.2, -0.15) is 9.78 Å². The molecule has 0 fully saturated rings. The number of nitrogens with zero attached hydrogens (tertiary/aromatic N) is 3. The van der Waals surface area contributed by atoms with E-state index in [0.717, 1.165) is 15.2 Å². The molecule has 0 unspecified atom stereocenters. The Hall–Kier alpha value is -3.52. The van der Waals surface area contributed by atoms with Gasteiger partial charge in [0.2, 0.25) is 0 Å². The van der Waals surface area contributed by atoms with E-state index in [2.05, 4.69) is 21.0 Å². The molecule has 0 saturated heterocycles. The fourth-order valence-electron chi connectivity index (χ4n) is 3.73. The summed E-state index contributed by atoms with van der Waals surface area (Å²) in [6.07, 6.45) is 1.59. The van der Waals surface area contributed by atoms with Gasteiger partial charge in [-0.1, -0.05) is 67.0 Å². The molecule has 0 N–H and O–H groups in total. The lowest BCUT2D eigenvalue weighted by molar-refractivity contribution is -0.145. The normalized spacial score (nSPS) is 11.9. The van der Waals surface area contributed by atoms with Crippen molar-refractivity contribution < 1.29 is 14.3 Å². The van der Waals surface area contributed by atoms with E-state index in [0.29, 0.717) is 28.0 Å². The Morgan fingerprint density at radius 1 is 1.11 bits per heavy atom. The van der Waals surface area contributed by atoms with Gasteiger partial charge in [-0.3, -0.25) is 4.79 Å². The molecule has 7 nitrogen and oxygen atoms in total. The van der Waals surface area contributed by atoms with Crippen LogP contribution < -0.4 is 10.3 Å². The van der Waals surface area contributed by atoms with Crippen molar-refractivity contribution in [2.45, 2.75) is 33.1 Å². The van der Waals surface area contributed by atoms with Gasteiger partial charge in [0.05, 0.1) is 23.7 Å². The Labute approximate surface area is 211 Å². The first-order valence-corrected chi connectivity index (χ1v) is 12.1. The summed E-state index contributed by atoms with van der Waals surface area (Å²) in [7, 11) is 0. The summed E-state index contributed by atoms with van der Waals surface area (Å²) in [5, 5.41) is 6.91. The Morgan fingerprint density at radius 3 is 2.63 bits per heavy atom. The van der Waals surface area contributed by atoms with Crippen LogP contribution in [0.15, 0.2) is 69.0 Å². The monoisotopic (exact) mass is 535 g/mol. The van der Waals surface area contributed by atoms with Gasteiger partial charge in [-0.05, 0) is 42.0 Å². The molecule has 0 spiro atoms. The lowest BCUT2D eigenvalue weighted by Crippen LogP contribution is -2.29. The molecule has 0 amide bonds. The van der Waals surface area contributed by atoms with E-state index in [9.17, 15) is 9.59 Å². The summed E-state index contributed by atoms with van der Waals surface area (Å²) >= 11 is 3.43. The van der Waals surface area contributed by atoms with E-state index in [-0.39, 0.29) is 18.8 Å². The van der Waals surface area contributed by atoms with Crippen LogP contribution in [0.3, 0.4) is 0 Å². The summed E-state index contributed by atoms with van der Waals surface area (Å²) in [4.78, 5) is 30.1. The van der Waals surface area contributed by atoms with E-state index in [4.69, 9.17) is 14.5 Å². The molecule has 0 saturated carbocycles. The van der Waals surface area contributed by atoms with Crippen molar-refractivity contribution in [2.24, 2.45) is 5.10 Å². The highest BCUT2D eigenvalue weighted by Crippen LogP contribution is 2.28. The molecule has 0 atom stereocenters. The van der Waals surface area contributed by atoms with Crippen molar-refractivity contribution in [2.75, 3.05) is 13.2 Å². The number of carbonyl (C=O) groups is 1. The summed E-state index contributed by atoms with van der Waals surface area (Å²) in [5.41, 5.74) is 0.540. The lowest BCUT2D eigenvalue weighted by atomic mass is 9.95. The van der Waals surface area contributed by atoms with Crippen LogP contribution in [0.25, 0.3) is 21.7 Å². The van der Waals surface area contributed by atoms with Gasteiger partial charge >= 0.3 is 5.97 Å². The summed E-state index contributed by atoms with van der Waals surface area (Å²) in [5.74, 6) is 0.532. The second-order valence-corrected chi connectivity index (χ2v) is 9.92. The molecule has 0 aliphatic heterocycles. The van der Waals surface area contributed by atoms with Gasteiger partial charge in [-0.15, -0.1) is 0 Å². The Morgan fingerprint density at radius 2 is 1.89 bits per heavy atom. The molecule has 1 aromatic heterocycles. The molecule has 1 heterocycles. The molecule has 35 heavy (non-hydrogen) atoms. The van der Waals surface area contributed by atoms with Crippen LogP contribution in [-0.4, -0.2) is 35.1 Å². The first kappa shape index (κ1) is 24.6. The van der Waals surface area contributed by atoms with Crippen LogP contribution in [-0.2, 0) is 14.9 Å². The van der Waals surface area contributed by atoms with Gasteiger partial charge in [-0.25, -0.2) is 9.78 Å². The van der Waals surface area contributed by atoms with Gasteiger partial charge in [0.1, 0.15) is 11.6 Å². The predicted molar refractivity (Wildman–Crippen MR) is 141 cm³/mol. The van der Waals surface area contributed by atoms with Crippen molar-refractivity contribution in [3.8, 4) is 5.75 Å². The van der Waals surface area contributed by atoms with Gasteiger partial charge < -0.3 is 9.47 Å². The zero-order valence-electron chi connectivity index (χ0n) is 20.0. The van der Waals surface area contributed by atoms with E-state index >= 15 is 0 Å². The Kier molecular flexibility index (Phi) is 7.03. The molecule has 8 heteroatoms. The van der Waals surface area contributed by atoms with Crippen molar-refractivity contribution in [1.82, 2.24) is 9.66 Å². The first-order valence-electron chi connectivity index (χ1n) is 11.3. The van der Waals surface area contributed by atoms with Crippen LogP contribution in [0.4, 0.5) is 0 Å². The number of halogens is 1. The summed E-state index contributed by atoms with van der Waals surface area (Å²) in [6, 6.07) is 16.9. The third-order valence-corrected chi connectivity index (χ3v) is 5.86. The van der Waals surface area contributed by atoms with Crippen LogP contribution in [0.5, 0.6) is 5.75 Å². The highest BCUT2D eigenvalue weighted by Gasteiger charge is 2.23. The third-order valence-electron chi connectivity index (χ3n) is 5.36. The second kappa shape index (κ2) is 10.00. The Bertz CT molecular complexity index is 1500. The van der Waals surface area contributed by atoms with Gasteiger partial charge in [0.25, 0.3) is 5.56 Å². The first-order chi connectivity index (χ1) is 16.7. The second-order valence-electron chi connectivity index (χ2n) is 9.00. The summed E-state index contributed by atoms with van der Waals surface area (Å²) in [6.45, 7) is 7.74. The minimum absolute atomic E-state index is 0.230. The third kappa shape index (κ3) is 5.27. The zero-order chi connectivity index (χ0) is 25.2. The number of hydrogen-bond acceptors (Lipinski definition) is 6. The molecular weight excluding hydrogens is 510 g/mol. The van der Waals surface area contributed by atoms with E-state index in [1.807, 2.05) is 63.2 Å². The maximum Gasteiger partial charge on any atom is 0.344 e. The van der Waals surface area contributed by atoms with Crippen LogP contribution >= 0.6 is 15.9 Å². The standard InChI is InChI=1S/C27H26BrN3O4/c1-5-34-24(32)16-35-23-13-10-17-8-6-7-9-19(17)21(23)15-29-31-25(33)20-14-18(28)11-12-22(20)30-26(31)27(2,3)4/h6-15H,5,16H2,1-4H3. The predicted octanol–water partition coefficient (Wildman–Crippen LogP) is 5.43. The quantitative estimate of drug-likeness (QED) is 0.242. The summed E-state index contributed by atoms with van der Waals surface area (Å²) < 4.78 is 12.9.